The van der Waals surface area contributed by atoms with E-state index in [0.717, 1.165) is 11.3 Å². The molecule has 2 aliphatic rings. The van der Waals surface area contributed by atoms with Crippen LogP contribution < -0.4 is 4.90 Å². The van der Waals surface area contributed by atoms with Gasteiger partial charge in [-0.3, -0.25) is 4.79 Å². The van der Waals surface area contributed by atoms with Crippen molar-refractivity contribution >= 4 is 29.1 Å². The Bertz CT molecular complexity index is 1120. The van der Waals surface area contributed by atoms with Crippen LogP contribution in [0.5, 0.6) is 0 Å². The first-order chi connectivity index (χ1) is 14.3. The highest BCUT2D eigenvalue weighted by Crippen LogP contribution is 2.56. The molecule has 1 saturated heterocycles. The fourth-order valence-electron chi connectivity index (χ4n) is 4.75. The van der Waals surface area contributed by atoms with Crippen molar-refractivity contribution in [3.63, 3.8) is 0 Å². The van der Waals surface area contributed by atoms with E-state index >= 15 is 0 Å². The van der Waals surface area contributed by atoms with Crippen LogP contribution in [0.1, 0.15) is 37.8 Å². The van der Waals surface area contributed by atoms with Crippen LogP contribution in [0.3, 0.4) is 0 Å². The van der Waals surface area contributed by atoms with Gasteiger partial charge in [-0.15, -0.1) is 0 Å². The predicted octanol–water partition coefficient (Wildman–Crippen LogP) is 5.36. The summed E-state index contributed by atoms with van der Waals surface area (Å²) < 4.78 is 0. The number of benzene rings is 2. The second-order valence-electron chi connectivity index (χ2n) is 8.92. The first-order valence-corrected chi connectivity index (χ1v) is 10.3. The lowest BCUT2D eigenvalue weighted by atomic mass is 9.67. The molecule has 2 heterocycles. The standard InChI is InChI=1S/C25H22ClN3O/c1-24(2,3)23(30)22-21(17-9-5-6-10-18(17)26)25(14-27,15-28)20-13-12-16-8-4-7-11-19(16)29(20)22/h4-13,20-22H,1-3H3/t20-,21+,22+/m1/s1. The number of fused-ring (bicyclic) bond motifs is 3. The first kappa shape index (κ1) is 20.2. The Morgan fingerprint density at radius 3 is 2.33 bits per heavy atom. The molecule has 0 aromatic heterocycles. The zero-order valence-electron chi connectivity index (χ0n) is 17.1. The van der Waals surface area contributed by atoms with Crippen LogP contribution in [0.4, 0.5) is 5.69 Å². The molecule has 5 heteroatoms. The van der Waals surface area contributed by atoms with Gasteiger partial charge in [-0.1, -0.05) is 80.9 Å². The molecule has 4 nitrogen and oxygen atoms in total. The third-order valence-corrected chi connectivity index (χ3v) is 6.51. The van der Waals surface area contributed by atoms with E-state index in [1.807, 2.05) is 80.3 Å². The van der Waals surface area contributed by atoms with Crippen molar-refractivity contribution < 1.29 is 4.79 Å². The van der Waals surface area contributed by atoms with Crippen molar-refractivity contribution in [2.75, 3.05) is 4.90 Å². The summed E-state index contributed by atoms with van der Waals surface area (Å²) in [5.41, 5.74) is 0.360. The van der Waals surface area contributed by atoms with Gasteiger partial charge in [0.1, 0.15) is 0 Å². The normalized spacial score (nSPS) is 23.8. The van der Waals surface area contributed by atoms with Gasteiger partial charge in [0.15, 0.2) is 11.2 Å². The smallest absolute Gasteiger partial charge is 0.176 e. The molecule has 0 unspecified atom stereocenters. The number of nitriles is 2. The Balaban J connectivity index is 2.06. The van der Waals surface area contributed by atoms with Crippen LogP contribution in [0.15, 0.2) is 54.6 Å². The van der Waals surface area contributed by atoms with Gasteiger partial charge in [-0.2, -0.15) is 10.5 Å². The number of carbonyl (C=O) groups excluding carboxylic acids is 1. The Morgan fingerprint density at radius 2 is 1.70 bits per heavy atom. The molecule has 2 aromatic carbocycles. The van der Waals surface area contributed by atoms with E-state index in [-0.39, 0.29) is 5.78 Å². The van der Waals surface area contributed by atoms with Gasteiger partial charge >= 0.3 is 0 Å². The van der Waals surface area contributed by atoms with Crippen LogP contribution >= 0.6 is 11.6 Å². The number of ketones is 1. The van der Waals surface area contributed by atoms with E-state index < -0.39 is 28.8 Å². The van der Waals surface area contributed by atoms with Crippen molar-refractivity contribution in [3.8, 4) is 12.1 Å². The third kappa shape index (κ3) is 2.76. The molecule has 1 fully saturated rings. The zero-order valence-corrected chi connectivity index (χ0v) is 17.9. The maximum Gasteiger partial charge on any atom is 0.176 e. The summed E-state index contributed by atoms with van der Waals surface area (Å²) in [7, 11) is 0. The van der Waals surface area contributed by atoms with Gasteiger partial charge in [0, 0.05) is 22.0 Å². The molecule has 0 radical (unpaired) electrons. The van der Waals surface area contributed by atoms with Crippen molar-refractivity contribution in [1.29, 1.82) is 10.5 Å². The number of hydrogen-bond acceptors (Lipinski definition) is 4. The van der Waals surface area contributed by atoms with Crippen LogP contribution in [-0.4, -0.2) is 17.9 Å². The molecule has 30 heavy (non-hydrogen) atoms. The van der Waals surface area contributed by atoms with Crippen LogP contribution in [0.25, 0.3) is 6.08 Å². The number of rotatable bonds is 2. The SMILES string of the molecule is CC(C)(C)C(=O)[C@@H]1[C@H](c2ccccc2Cl)C(C#N)(C#N)[C@H]2C=Cc3ccccc3N12. The summed E-state index contributed by atoms with van der Waals surface area (Å²) in [6, 6.07) is 18.4. The molecule has 0 N–H and O–H groups in total. The number of hydrogen-bond donors (Lipinski definition) is 0. The van der Waals surface area contributed by atoms with E-state index in [9.17, 15) is 15.3 Å². The lowest BCUT2D eigenvalue weighted by molar-refractivity contribution is -0.127. The summed E-state index contributed by atoms with van der Waals surface area (Å²) in [5, 5.41) is 21.1. The molecule has 0 aliphatic carbocycles. The van der Waals surface area contributed by atoms with Gasteiger partial charge in [-0.25, -0.2) is 0 Å². The van der Waals surface area contributed by atoms with Gasteiger partial charge in [-0.05, 0) is 23.3 Å². The molecule has 3 atom stereocenters. The molecule has 2 aliphatic heterocycles. The van der Waals surface area contributed by atoms with Gasteiger partial charge < -0.3 is 4.90 Å². The molecule has 0 amide bonds. The highest BCUT2D eigenvalue weighted by Gasteiger charge is 2.64. The van der Waals surface area contributed by atoms with E-state index in [4.69, 9.17) is 11.6 Å². The number of halogens is 1. The summed E-state index contributed by atoms with van der Waals surface area (Å²) in [6.07, 6.45) is 3.82. The lowest BCUT2D eigenvalue weighted by Crippen LogP contribution is -2.47. The quantitative estimate of drug-likeness (QED) is 0.662. The second-order valence-corrected chi connectivity index (χ2v) is 9.33. The van der Waals surface area contributed by atoms with Crippen LogP contribution in [0, 0.1) is 33.5 Å². The first-order valence-electron chi connectivity index (χ1n) is 9.93. The molecule has 0 saturated carbocycles. The Hall–Kier alpha value is -3.08. The number of carbonyl (C=O) groups is 1. The minimum Gasteiger partial charge on any atom is -0.351 e. The average molecular weight is 416 g/mol. The number of para-hydroxylation sites is 1. The highest BCUT2D eigenvalue weighted by molar-refractivity contribution is 6.31. The summed E-state index contributed by atoms with van der Waals surface area (Å²) in [5.74, 6) is -0.705. The fourth-order valence-corrected chi connectivity index (χ4v) is 5.00. The molecular weight excluding hydrogens is 394 g/mol. The second kappa shape index (κ2) is 7.01. The molecule has 150 valence electrons. The van der Waals surface area contributed by atoms with E-state index in [1.165, 1.54) is 0 Å². The molecule has 0 spiro atoms. The Morgan fingerprint density at radius 1 is 1.07 bits per heavy atom. The summed E-state index contributed by atoms with van der Waals surface area (Å²) >= 11 is 6.56. The average Bonchev–Trinajstić information content (AvgIpc) is 3.03. The largest absolute Gasteiger partial charge is 0.351 e. The Labute approximate surface area is 182 Å². The third-order valence-electron chi connectivity index (χ3n) is 6.16. The van der Waals surface area contributed by atoms with Gasteiger partial charge in [0.05, 0.1) is 24.2 Å². The predicted molar refractivity (Wildman–Crippen MR) is 118 cm³/mol. The van der Waals surface area contributed by atoms with Crippen LogP contribution in [-0.2, 0) is 4.79 Å². The monoisotopic (exact) mass is 415 g/mol. The fraction of sp³-hybridized carbons (Fsp3) is 0.320. The molecular formula is C25H22ClN3O. The summed E-state index contributed by atoms with van der Waals surface area (Å²) in [4.78, 5) is 15.8. The van der Waals surface area contributed by atoms with Gasteiger partial charge in [0.2, 0.25) is 0 Å². The Kier molecular flexibility index (Phi) is 4.72. The molecule has 4 rings (SSSR count). The topological polar surface area (TPSA) is 67.9 Å². The van der Waals surface area contributed by atoms with E-state index in [0.29, 0.717) is 10.6 Å². The van der Waals surface area contributed by atoms with Crippen molar-refractivity contribution in [3.05, 3.63) is 70.8 Å². The van der Waals surface area contributed by atoms with E-state index in [1.54, 1.807) is 6.07 Å². The number of anilines is 1. The van der Waals surface area contributed by atoms with Gasteiger partial charge in [0.25, 0.3) is 0 Å². The molecule has 2 aromatic rings. The maximum absolute atomic E-state index is 13.8. The number of Topliss-reactive ketones (excluding diaryl/α,β-unsaturated/α-hetero) is 1. The lowest BCUT2D eigenvalue weighted by Gasteiger charge is -2.37. The van der Waals surface area contributed by atoms with E-state index in [2.05, 4.69) is 12.1 Å². The van der Waals surface area contributed by atoms with Crippen molar-refractivity contribution in [1.82, 2.24) is 0 Å². The van der Waals surface area contributed by atoms with Crippen LogP contribution in [0.2, 0.25) is 5.02 Å². The number of nitrogens with zero attached hydrogens (tertiary/aromatic N) is 3. The highest BCUT2D eigenvalue weighted by atomic mass is 35.5. The maximum atomic E-state index is 13.8. The van der Waals surface area contributed by atoms with Crippen molar-refractivity contribution in [2.45, 2.75) is 38.8 Å². The van der Waals surface area contributed by atoms with Crippen molar-refractivity contribution in [2.24, 2.45) is 10.8 Å². The zero-order chi connectivity index (χ0) is 21.7. The molecule has 0 bridgehead atoms. The minimum atomic E-state index is -1.46. The minimum absolute atomic E-state index is 0.0186. The summed E-state index contributed by atoms with van der Waals surface area (Å²) in [6.45, 7) is 5.62.